The van der Waals surface area contributed by atoms with Gasteiger partial charge in [-0.3, -0.25) is 4.79 Å². The molecule has 0 saturated heterocycles. The Bertz CT molecular complexity index is 507. The van der Waals surface area contributed by atoms with E-state index in [1.165, 1.54) is 35.4 Å². The zero-order valence-electron chi connectivity index (χ0n) is 7.64. The highest BCUT2D eigenvalue weighted by Crippen LogP contribution is 2.23. The van der Waals surface area contributed by atoms with Gasteiger partial charge in [-0.05, 0) is 0 Å². The normalized spacial score (nSPS) is 10.4. The molecule has 2 aromatic rings. The molecule has 5 nitrogen and oxygen atoms in total. The molecular weight excluding hydrogens is 232 g/mol. The highest BCUT2D eigenvalue weighted by atomic mass is 32.2. The van der Waals surface area contributed by atoms with Gasteiger partial charge < -0.3 is 10.7 Å². The second kappa shape index (κ2) is 4.45. The van der Waals surface area contributed by atoms with Gasteiger partial charge in [-0.15, -0.1) is 11.3 Å². The minimum absolute atomic E-state index is 0.142. The first-order chi connectivity index (χ1) is 7.24. The molecule has 2 rings (SSSR count). The number of nitrogens with zero attached hydrogens (tertiary/aromatic N) is 2. The summed E-state index contributed by atoms with van der Waals surface area (Å²) in [6.45, 7) is 0. The van der Waals surface area contributed by atoms with Gasteiger partial charge in [-0.25, -0.2) is 9.97 Å². The molecule has 0 aliphatic carbocycles. The smallest absolute Gasteiger partial charge is 0.251 e. The molecule has 78 valence electrons. The number of aromatic nitrogens is 3. The summed E-state index contributed by atoms with van der Waals surface area (Å²) in [4.78, 5) is 22.6. The van der Waals surface area contributed by atoms with Crippen molar-refractivity contribution in [1.82, 2.24) is 15.0 Å². The maximum Gasteiger partial charge on any atom is 0.251 e. The third kappa shape index (κ3) is 2.80. The number of thioether (sulfide) groups is 1. The van der Waals surface area contributed by atoms with Gasteiger partial charge in [0, 0.05) is 29.1 Å². The van der Waals surface area contributed by atoms with Crippen LogP contribution in [-0.4, -0.2) is 15.0 Å². The first kappa shape index (κ1) is 10.2. The molecule has 0 spiro atoms. The van der Waals surface area contributed by atoms with Gasteiger partial charge in [-0.2, -0.15) is 0 Å². The SMILES string of the molecule is Nc1ncc(CSc2nccc(=O)[nH]2)s1. The van der Waals surface area contributed by atoms with Crippen LogP contribution in [0.25, 0.3) is 0 Å². The first-order valence-corrected chi connectivity index (χ1v) is 5.92. The van der Waals surface area contributed by atoms with Crippen molar-refractivity contribution in [2.24, 2.45) is 0 Å². The Morgan fingerprint density at radius 2 is 2.40 bits per heavy atom. The molecule has 15 heavy (non-hydrogen) atoms. The van der Waals surface area contributed by atoms with Crippen LogP contribution >= 0.6 is 23.1 Å². The third-order valence-corrected chi connectivity index (χ3v) is 3.52. The number of hydrogen-bond acceptors (Lipinski definition) is 6. The maximum absolute atomic E-state index is 11.0. The summed E-state index contributed by atoms with van der Waals surface area (Å²) in [5.41, 5.74) is 5.35. The standard InChI is InChI=1S/C8H8N4OS2/c9-7-11-3-5(15-7)4-14-8-10-2-1-6(13)12-8/h1-3H,4H2,(H2,9,11)(H,10,12,13). The van der Waals surface area contributed by atoms with E-state index in [1.54, 1.807) is 6.20 Å². The topological polar surface area (TPSA) is 84.7 Å². The second-order valence-corrected chi connectivity index (χ2v) is 4.80. The molecule has 0 fully saturated rings. The summed E-state index contributed by atoms with van der Waals surface area (Å²) in [6.07, 6.45) is 3.22. The van der Waals surface area contributed by atoms with Crippen LogP contribution in [0.4, 0.5) is 5.13 Å². The highest BCUT2D eigenvalue weighted by Gasteiger charge is 2.01. The van der Waals surface area contributed by atoms with Gasteiger partial charge in [0.15, 0.2) is 10.3 Å². The van der Waals surface area contributed by atoms with Gasteiger partial charge >= 0.3 is 0 Å². The van der Waals surface area contributed by atoms with E-state index in [0.29, 0.717) is 16.0 Å². The number of nitrogen functional groups attached to an aromatic ring is 1. The fourth-order valence-electron chi connectivity index (χ4n) is 0.954. The average molecular weight is 240 g/mol. The zero-order chi connectivity index (χ0) is 10.7. The minimum Gasteiger partial charge on any atom is -0.375 e. The lowest BCUT2D eigenvalue weighted by atomic mass is 10.6. The van der Waals surface area contributed by atoms with Crippen LogP contribution in [0.15, 0.2) is 28.4 Å². The first-order valence-electron chi connectivity index (χ1n) is 4.12. The van der Waals surface area contributed by atoms with Gasteiger partial charge in [0.25, 0.3) is 5.56 Å². The summed E-state index contributed by atoms with van der Waals surface area (Å²) in [5.74, 6) is 0.710. The molecule has 0 aliphatic rings. The Labute approximate surface area is 93.8 Å². The van der Waals surface area contributed by atoms with Gasteiger partial charge in [0.1, 0.15) is 0 Å². The van der Waals surface area contributed by atoms with Crippen molar-refractivity contribution in [2.45, 2.75) is 10.9 Å². The fraction of sp³-hybridized carbons (Fsp3) is 0.125. The quantitative estimate of drug-likeness (QED) is 0.620. The lowest BCUT2D eigenvalue weighted by molar-refractivity contribution is 0.936. The molecule has 0 aliphatic heterocycles. The molecule has 2 aromatic heterocycles. The van der Waals surface area contributed by atoms with Gasteiger partial charge in [0.2, 0.25) is 0 Å². The van der Waals surface area contributed by atoms with Crippen molar-refractivity contribution in [3.8, 4) is 0 Å². The minimum atomic E-state index is -0.142. The van der Waals surface area contributed by atoms with Crippen LogP contribution in [0.3, 0.4) is 0 Å². The lowest BCUT2D eigenvalue weighted by Crippen LogP contribution is -2.05. The van der Waals surface area contributed by atoms with Crippen LogP contribution < -0.4 is 11.3 Å². The Morgan fingerprint density at radius 3 is 3.07 bits per heavy atom. The fourth-order valence-corrected chi connectivity index (χ4v) is 2.51. The predicted octanol–water partition coefficient (Wildman–Crippen LogP) is 1.10. The van der Waals surface area contributed by atoms with E-state index in [1.807, 2.05) is 0 Å². The number of anilines is 1. The van der Waals surface area contributed by atoms with E-state index < -0.39 is 0 Å². The molecule has 0 saturated carbocycles. The van der Waals surface area contributed by atoms with Crippen molar-refractivity contribution in [1.29, 1.82) is 0 Å². The number of thiazole rings is 1. The Morgan fingerprint density at radius 1 is 1.53 bits per heavy atom. The molecule has 0 radical (unpaired) electrons. The van der Waals surface area contributed by atoms with Gasteiger partial charge in [-0.1, -0.05) is 11.8 Å². The maximum atomic E-state index is 11.0. The van der Waals surface area contributed by atoms with E-state index in [2.05, 4.69) is 15.0 Å². The summed E-state index contributed by atoms with van der Waals surface area (Å²) in [6, 6.07) is 1.38. The molecule has 0 unspecified atom stereocenters. The van der Waals surface area contributed by atoms with E-state index in [-0.39, 0.29) is 5.56 Å². The van der Waals surface area contributed by atoms with E-state index in [9.17, 15) is 4.79 Å². The van der Waals surface area contributed by atoms with Crippen LogP contribution in [-0.2, 0) is 5.75 Å². The number of nitrogens with one attached hydrogen (secondary N) is 1. The Balaban J connectivity index is 2.02. The van der Waals surface area contributed by atoms with Crippen molar-refractivity contribution >= 4 is 28.2 Å². The lowest BCUT2D eigenvalue weighted by Gasteiger charge is -1.96. The summed E-state index contributed by atoms with van der Waals surface area (Å²) < 4.78 is 0. The number of hydrogen-bond donors (Lipinski definition) is 2. The molecule has 0 aromatic carbocycles. The Hall–Kier alpha value is -1.34. The third-order valence-electron chi connectivity index (χ3n) is 1.57. The summed E-state index contributed by atoms with van der Waals surface area (Å²) in [7, 11) is 0. The average Bonchev–Trinajstić information content (AvgIpc) is 2.62. The highest BCUT2D eigenvalue weighted by molar-refractivity contribution is 7.98. The van der Waals surface area contributed by atoms with Crippen molar-refractivity contribution in [2.75, 3.05) is 5.73 Å². The Kier molecular flexibility index (Phi) is 3.02. The van der Waals surface area contributed by atoms with Crippen LogP contribution in [0.5, 0.6) is 0 Å². The molecule has 3 N–H and O–H groups in total. The predicted molar refractivity (Wildman–Crippen MR) is 60.9 cm³/mol. The van der Waals surface area contributed by atoms with Crippen molar-refractivity contribution in [3.05, 3.63) is 33.7 Å². The largest absolute Gasteiger partial charge is 0.375 e. The van der Waals surface area contributed by atoms with Crippen LogP contribution in [0.1, 0.15) is 4.88 Å². The van der Waals surface area contributed by atoms with Gasteiger partial charge in [0.05, 0.1) is 0 Å². The van der Waals surface area contributed by atoms with Crippen molar-refractivity contribution in [3.63, 3.8) is 0 Å². The van der Waals surface area contributed by atoms with Crippen molar-refractivity contribution < 1.29 is 0 Å². The molecular formula is C8H8N4OS2. The van der Waals surface area contributed by atoms with E-state index >= 15 is 0 Å². The van der Waals surface area contributed by atoms with E-state index in [0.717, 1.165) is 4.88 Å². The molecule has 0 atom stereocenters. The number of nitrogens with two attached hydrogens (primary N) is 1. The molecule has 7 heteroatoms. The van der Waals surface area contributed by atoms with Crippen LogP contribution in [0.2, 0.25) is 0 Å². The molecule has 0 amide bonds. The number of H-pyrrole nitrogens is 1. The van der Waals surface area contributed by atoms with E-state index in [4.69, 9.17) is 5.73 Å². The number of aromatic amines is 1. The summed E-state index contributed by atoms with van der Waals surface area (Å²) in [5, 5.41) is 1.16. The molecule has 0 bridgehead atoms. The monoisotopic (exact) mass is 240 g/mol. The van der Waals surface area contributed by atoms with Crippen LogP contribution in [0, 0.1) is 0 Å². The number of rotatable bonds is 3. The zero-order valence-corrected chi connectivity index (χ0v) is 9.27. The summed E-state index contributed by atoms with van der Waals surface area (Å²) >= 11 is 2.89. The molecule has 2 heterocycles. The second-order valence-electron chi connectivity index (χ2n) is 2.69.